The van der Waals surface area contributed by atoms with E-state index in [1.165, 1.54) is 0 Å². The summed E-state index contributed by atoms with van der Waals surface area (Å²) in [5, 5.41) is 3.11. The van der Waals surface area contributed by atoms with Gasteiger partial charge in [0.2, 0.25) is 0 Å². The van der Waals surface area contributed by atoms with Crippen LogP contribution in [0.1, 0.15) is 5.69 Å². The van der Waals surface area contributed by atoms with Gasteiger partial charge in [-0.2, -0.15) is 0 Å². The van der Waals surface area contributed by atoms with E-state index in [2.05, 4.69) is 15.7 Å². The van der Waals surface area contributed by atoms with Crippen molar-refractivity contribution in [2.24, 2.45) is 5.84 Å². The fourth-order valence-electron chi connectivity index (χ4n) is 0.923. The fraction of sp³-hybridized carbons (Fsp3) is 0.375. The maximum Gasteiger partial charge on any atom is 0.0587 e. The number of pyridine rings is 1. The molecule has 0 saturated heterocycles. The summed E-state index contributed by atoms with van der Waals surface area (Å²) >= 11 is 0. The van der Waals surface area contributed by atoms with Crippen LogP contribution in [0.3, 0.4) is 0 Å². The number of hydrogen-bond donors (Lipinski definition) is 3. The highest BCUT2D eigenvalue weighted by Gasteiger charge is 1.90. The van der Waals surface area contributed by atoms with Crippen molar-refractivity contribution in [3.8, 4) is 0 Å². The van der Waals surface area contributed by atoms with Crippen LogP contribution in [0.15, 0.2) is 24.4 Å². The van der Waals surface area contributed by atoms with Crippen molar-refractivity contribution < 1.29 is 0 Å². The summed E-state index contributed by atoms with van der Waals surface area (Å²) in [6.07, 6.45) is 2.74. The summed E-state index contributed by atoms with van der Waals surface area (Å²) in [5.41, 5.74) is 3.62. The normalized spacial score (nSPS) is 10.1. The van der Waals surface area contributed by atoms with Gasteiger partial charge in [-0.1, -0.05) is 6.07 Å². The van der Waals surface area contributed by atoms with E-state index in [9.17, 15) is 0 Å². The zero-order chi connectivity index (χ0) is 8.65. The van der Waals surface area contributed by atoms with Gasteiger partial charge in [-0.25, -0.2) is 5.43 Å². The molecule has 0 atom stereocenters. The van der Waals surface area contributed by atoms with Gasteiger partial charge < -0.3 is 5.32 Å². The van der Waals surface area contributed by atoms with Gasteiger partial charge in [0.15, 0.2) is 0 Å². The van der Waals surface area contributed by atoms with Crippen molar-refractivity contribution in [1.82, 2.24) is 15.7 Å². The lowest BCUT2D eigenvalue weighted by molar-refractivity contribution is 0.599. The van der Waals surface area contributed by atoms with Gasteiger partial charge in [0.25, 0.3) is 0 Å². The Bertz CT molecular complexity index is 199. The minimum Gasteiger partial charge on any atom is -0.303 e. The summed E-state index contributed by atoms with van der Waals surface area (Å²) in [6.45, 7) is 1.52. The number of rotatable bonds is 5. The molecular formula is C8H14N4. The molecule has 0 aliphatic rings. The zero-order valence-electron chi connectivity index (χ0n) is 6.96. The third-order valence-electron chi connectivity index (χ3n) is 1.51. The molecule has 1 heterocycles. The van der Waals surface area contributed by atoms with Crippen LogP contribution in [0.5, 0.6) is 0 Å². The second kappa shape index (κ2) is 5.65. The van der Waals surface area contributed by atoms with Crippen LogP contribution in [0.2, 0.25) is 0 Å². The number of nitrogens with one attached hydrogen (secondary N) is 2. The molecule has 0 aromatic carbocycles. The average molecular weight is 166 g/mol. The van der Waals surface area contributed by atoms with Crippen molar-refractivity contribution in [2.45, 2.75) is 6.42 Å². The van der Waals surface area contributed by atoms with Gasteiger partial charge in [0, 0.05) is 24.9 Å². The van der Waals surface area contributed by atoms with Crippen LogP contribution < -0.4 is 16.6 Å². The van der Waals surface area contributed by atoms with E-state index < -0.39 is 0 Å². The van der Waals surface area contributed by atoms with Crippen LogP contribution in [0, 0.1) is 0 Å². The first-order valence-electron chi connectivity index (χ1n) is 3.97. The number of hydrazine groups is 1. The first-order chi connectivity index (χ1) is 5.93. The molecule has 66 valence electrons. The van der Waals surface area contributed by atoms with Gasteiger partial charge in [-0.15, -0.1) is 0 Å². The second-order valence-electron chi connectivity index (χ2n) is 2.45. The highest BCUT2D eigenvalue weighted by molar-refractivity contribution is 5.03. The summed E-state index contributed by atoms with van der Waals surface area (Å²) in [6, 6.07) is 5.92. The molecule has 0 aliphatic heterocycles. The Morgan fingerprint density at radius 2 is 2.33 bits per heavy atom. The molecule has 4 heteroatoms. The van der Waals surface area contributed by atoms with Crippen LogP contribution >= 0.6 is 0 Å². The third kappa shape index (κ3) is 3.43. The first-order valence-corrected chi connectivity index (χ1v) is 3.97. The summed E-state index contributed by atoms with van der Waals surface area (Å²) in [5.74, 6) is 5.08. The van der Waals surface area contributed by atoms with Crippen molar-refractivity contribution >= 4 is 0 Å². The van der Waals surface area contributed by atoms with E-state index in [-0.39, 0.29) is 0 Å². The molecule has 0 saturated carbocycles. The van der Waals surface area contributed by atoms with Gasteiger partial charge in [-0.05, 0) is 12.1 Å². The van der Waals surface area contributed by atoms with E-state index in [0.717, 1.165) is 18.7 Å². The highest BCUT2D eigenvalue weighted by Crippen LogP contribution is 1.92. The molecule has 0 aliphatic carbocycles. The Morgan fingerprint density at radius 3 is 3.00 bits per heavy atom. The Kier molecular flexibility index (Phi) is 4.30. The number of aromatic nitrogens is 1. The van der Waals surface area contributed by atoms with E-state index in [0.29, 0.717) is 6.67 Å². The van der Waals surface area contributed by atoms with Crippen LogP contribution in [-0.4, -0.2) is 18.2 Å². The van der Waals surface area contributed by atoms with Gasteiger partial charge >= 0.3 is 0 Å². The largest absolute Gasteiger partial charge is 0.303 e. The lowest BCUT2D eigenvalue weighted by Gasteiger charge is -2.02. The topological polar surface area (TPSA) is 63.0 Å². The molecular weight excluding hydrogens is 152 g/mol. The minimum absolute atomic E-state index is 0.632. The number of nitrogens with zero attached hydrogens (tertiary/aromatic N) is 1. The summed E-state index contributed by atoms with van der Waals surface area (Å²) in [4.78, 5) is 4.18. The highest BCUT2D eigenvalue weighted by atomic mass is 15.3. The Balaban J connectivity index is 2.16. The van der Waals surface area contributed by atoms with E-state index in [1.807, 2.05) is 18.2 Å². The standard InChI is InChI=1S/C8H14N4/c9-12-7-10-6-4-8-3-1-2-5-11-8/h1-3,5,10,12H,4,6-7,9H2. The molecule has 12 heavy (non-hydrogen) atoms. The molecule has 0 spiro atoms. The first kappa shape index (κ1) is 9.12. The second-order valence-corrected chi connectivity index (χ2v) is 2.45. The number of hydrogen-bond acceptors (Lipinski definition) is 4. The lowest BCUT2D eigenvalue weighted by Crippen LogP contribution is -2.34. The van der Waals surface area contributed by atoms with Gasteiger partial charge in [0.1, 0.15) is 0 Å². The molecule has 1 aromatic heterocycles. The van der Waals surface area contributed by atoms with Crippen LogP contribution in [0.4, 0.5) is 0 Å². The molecule has 0 radical (unpaired) electrons. The number of nitrogens with two attached hydrogens (primary N) is 1. The monoisotopic (exact) mass is 166 g/mol. The quantitative estimate of drug-likeness (QED) is 0.242. The molecule has 0 unspecified atom stereocenters. The summed E-state index contributed by atoms with van der Waals surface area (Å²) in [7, 11) is 0. The average Bonchev–Trinajstić information content (AvgIpc) is 2.14. The molecule has 0 bridgehead atoms. The smallest absolute Gasteiger partial charge is 0.0587 e. The molecule has 1 aromatic rings. The van der Waals surface area contributed by atoms with Gasteiger partial charge in [-0.3, -0.25) is 10.8 Å². The van der Waals surface area contributed by atoms with E-state index >= 15 is 0 Å². The Labute approximate surface area is 72.2 Å². The molecule has 4 N–H and O–H groups in total. The van der Waals surface area contributed by atoms with Crippen molar-refractivity contribution in [1.29, 1.82) is 0 Å². The molecule has 0 fully saturated rings. The zero-order valence-corrected chi connectivity index (χ0v) is 6.96. The molecule has 4 nitrogen and oxygen atoms in total. The van der Waals surface area contributed by atoms with Gasteiger partial charge in [0.05, 0.1) is 6.67 Å². The third-order valence-corrected chi connectivity index (χ3v) is 1.51. The summed E-state index contributed by atoms with van der Waals surface area (Å²) < 4.78 is 0. The Morgan fingerprint density at radius 1 is 1.42 bits per heavy atom. The fourth-order valence-corrected chi connectivity index (χ4v) is 0.923. The maximum atomic E-state index is 5.08. The SMILES string of the molecule is NNCNCCc1ccccn1. The van der Waals surface area contributed by atoms with Crippen LogP contribution in [-0.2, 0) is 6.42 Å². The predicted octanol–water partition coefficient (Wildman–Crippen LogP) is -0.365. The molecule has 0 amide bonds. The minimum atomic E-state index is 0.632. The predicted molar refractivity (Wildman–Crippen MR) is 48.1 cm³/mol. The maximum absolute atomic E-state index is 5.08. The van der Waals surface area contributed by atoms with Crippen molar-refractivity contribution in [3.63, 3.8) is 0 Å². The lowest BCUT2D eigenvalue weighted by atomic mass is 10.3. The van der Waals surface area contributed by atoms with Crippen molar-refractivity contribution in [3.05, 3.63) is 30.1 Å². The van der Waals surface area contributed by atoms with Crippen molar-refractivity contribution in [2.75, 3.05) is 13.2 Å². The molecule has 1 rings (SSSR count). The van der Waals surface area contributed by atoms with E-state index in [1.54, 1.807) is 6.20 Å². The Hall–Kier alpha value is -0.970. The van der Waals surface area contributed by atoms with E-state index in [4.69, 9.17) is 5.84 Å². The van der Waals surface area contributed by atoms with Crippen LogP contribution in [0.25, 0.3) is 0 Å².